The number of fused-ring (bicyclic) bond motifs is 1. The highest BCUT2D eigenvalue weighted by atomic mass is 79.9. The van der Waals surface area contributed by atoms with Crippen LogP contribution < -0.4 is 4.74 Å². The van der Waals surface area contributed by atoms with E-state index in [2.05, 4.69) is 44.9 Å². The number of pyridine rings is 1. The average Bonchev–Trinajstić information content (AvgIpc) is 3.11. The van der Waals surface area contributed by atoms with Crippen molar-refractivity contribution >= 4 is 32.9 Å². The summed E-state index contributed by atoms with van der Waals surface area (Å²) in [6.45, 7) is 3.24. The molecule has 24 heavy (non-hydrogen) atoms. The number of thioether (sulfide) groups is 1. The maximum atomic E-state index is 5.65. The number of nitrogens with zero attached hydrogens (tertiary/aromatic N) is 3. The van der Waals surface area contributed by atoms with Crippen LogP contribution in [-0.4, -0.2) is 34.0 Å². The molecule has 2 aliphatic heterocycles. The van der Waals surface area contributed by atoms with E-state index < -0.39 is 0 Å². The molecule has 2 aliphatic rings. The van der Waals surface area contributed by atoms with Gasteiger partial charge in [0.1, 0.15) is 11.8 Å². The highest BCUT2D eigenvalue weighted by molar-refractivity contribution is 9.10. The van der Waals surface area contributed by atoms with Gasteiger partial charge in [0.25, 0.3) is 0 Å². The third kappa shape index (κ3) is 2.71. The monoisotopic (exact) mass is 403 g/mol. The molecule has 4 rings (SSSR count). The SMILES string of the molecule is COc1ccc(Br)cc1[C@@H]1[C@@H](c2ccccn2)N=C2S[C@H](C)CN21. The summed E-state index contributed by atoms with van der Waals surface area (Å²) < 4.78 is 6.69. The summed E-state index contributed by atoms with van der Waals surface area (Å²) in [5, 5.41) is 1.67. The Bertz CT molecular complexity index is 783. The van der Waals surface area contributed by atoms with E-state index in [1.807, 2.05) is 42.2 Å². The predicted molar refractivity (Wildman–Crippen MR) is 102 cm³/mol. The van der Waals surface area contributed by atoms with Gasteiger partial charge < -0.3 is 9.64 Å². The number of methoxy groups -OCH3 is 1. The molecule has 0 radical (unpaired) electrons. The zero-order valence-electron chi connectivity index (χ0n) is 13.5. The molecule has 0 unspecified atom stereocenters. The number of aliphatic imine (C=N–C) groups is 1. The van der Waals surface area contributed by atoms with Crippen molar-refractivity contribution in [1.82, 2.24) is 9.88 Å². The summed E-state index contributed by atoms with van der Waals surface area (Å²) >= 11 is 5.45. The summed E-state index contributed by atoms with van der Waals surface area (Å²) in [4.78, 5) is 12.0. The summed E-state index contributed by atoms with van der Waals surface area (Å²) in [6.07, 6.45) is 1.84. The first-order valence-electron chi connectivity index (χ1n) is 7.93. The molecule has 4 nitrogen and oxygen atoms in total. The maximum Gasteiger partial charge on any atom is 0.160 e. The Kier molecular flexibility index (Phi) is 4.26. The fourth-order valence-electron chi connectivity index (χ4n) is 3.39. The normalized spacial score (nSPS) is 25.5. The molecule has 0 bridgehead atoms. The fraction of sp³-hybridized carbons (Fsp3) is 0.333. The predicted octanol–water partition coefficient (Wildman–Crippen LogP) is 4.44. The van der Waals surface area contributed by atoms with Crippen LogP contribution in [0.2, 0.25) is 0 Å². The fourth-order valence-corrected chi connectivity index (χ4v) is 4.86. The number of aromatic nitrogens is 1. The van der Waals surface area contributed by atoms with Crippen LogP contribution in [0.4, 0.5) is 0 Å². The lowest BCUT2D eigenvalue weighted by molar-refractivity contribution is 0.307. The van der Waals surface area contributed by atoms with E-state index in [9.17, 15) is 0 Å². The van der Waals surface area contributed by atoms with E-state index in [0.29, 0.717) is 5.25 Å². The second-order valence-electron chi connectivity index (χ2n) is 6.02. The molecule has 0 saturated carbocycles. The van der Waals surface area contributed by atoms with Crippen molar-refractivity contribution < 1.29 is 4.74 Å². The van der Waals surface area contributed by atoms with Gasteiger partial charge in [0.2, 0.25) is 0 Å². The highest BCUT2D eigenvalue weighted by Crippen LogP contribution is 2.49. The van der Waals surface area contributed by atoms with Crippen LogP contribution in [0.15, 0.2) is 52.1 Å². The number of rotatable bonds is 3. The summed E-state index contributed by atoms with van der Waals surface area (Å²) in [7, 11) is 1.72. The second-order valence-corrected chi connectivity index (χ2v) is 8.34. The van der Waals surface area contributed by atoms with Gasteiger partial charge in [-0.3, -0.25) is 9.98 Å². The maximum absolute atomic E-state index is 5.65. The molecule has 1 fully saturated rings. The van der Waals surface area contributed by atoms with Crippen molar-refractivity contribution in [2.24, 2.45) is 4.99 Å². The second kappa shape index (κ2) is 6.41. The molecule has 0 spiro atoms. The average molecular weight is 404 g/mol. The van der Waals surface area contributed by atoms with E-state index in [0.717, 1.165) is 33.2 Å². The number of amidine groups is 1. The summed E-state index contributed by atoms with van der Waals surface area (Å²) in [5.41, 5.74) is 2.15. The van der Waals surface area contributed by atoms with Gasteiger partial charge in [0.05, 0.1) is 18.8 Å². The van der Waals surface area contributed by atoms with E-state index in [-0.39, 0.29) is 12.1 Å². The van der Waals surface area contributed by atoms with Crippen LogP contribution in [0.3, 0.4) is 0 Å². The molecule has 0 aliphatic carbocycles. The van der Waals surface area contributed by atoms with E-state index in [1.165, 1.54) is 0 Å². The van der Waals surface area contributed by atoms with Gasteiger partial charge in [0.15, 0.2) is 5.17 Å². The number of hydrogen-bond acceptors (Lipinski definition) is 5. The molecule has 3 atom stereocenters. The highest BCUT2D eigenvalue weighted by Gasteiger charge is 2.44. The van der Waals surface area contributed by atoms with E-state index in [1.54, 1.807) is 7.11 Å². The molecule has 0 amide bonds. The van der Waals surface area contributed by atoms with Crippen molar-refractivity contribution in [1.29, 1.82) is 0 Å². The lowest BCUT2D eigenvalue weighted by atomic mass is 9.95. The molecule has 124 valence electrons. The molecule has 1 aromatic carbocycles. The van der Waals surface area contributed by atoms with Gasteiger partial charge in [-0.25, -0.2) is 0 Å². The van der Waals surface area contributed by atoms with Crippen LogP contribution in [0.1, 0.15) is 30.3 Å². The van der Waals surface area contributed by atoms with Crippen LogP contribution in [0, 0.1) is 0 Å². The standard InChI is InChI=1S/C18H18BrN3OS/c1-11-10-22-17(13-9-12(19)6-7-15(13)23-2)16(21-18(22)24-11)14-5-3-4-8-20-14/h3-9,11,16-17H,10H2,1-2H3/t11-,16-,17-/m1/s1. The topological polar surface area (TPSA) is 37.7 Å². The van der Waals surface area contributed by atoms with Crippen molar-refractivity contribution in [3.8, 4) is 5.75 Å². The van der Waals surface area contributed by atoms with Gasteiger partial charge in [-0.05, 0) is 30.3 Å². The van der Waals surface area contributed by atoms with Crippen molar-refractivity contribution in [3.05, 3.63) is 58.3 Å². The van der Waals surface area contributed by atoms with Crippen LogP contribution >= 0.6 is 27.7 Å². The molecule has 1 aromatic heterocycles. The molecule has 3 heterocycles. The Morgan fingerprint density at radius 2 is 2.17 bits per heavy atom. The van der Waals surface area contributed by atoms with Crippen LogP contribution in [-0.2, 0) is 0 Å². The Labute approximate surface area is 154 Å². The number of halogens is 1. The van der Waals surface area contributed by atoms with E-state index >= 15 is 0 Å². The number of hydrogen-bond donors (Lipinski definition) is 0. The van der Waals surface area contributed by atoms with Gasteiger partial charge in [0, 0.05) is 28.0 Å². The van der Waals surface area contributed by atoms with Crippen LogP contribution in [0.25, 0.3) is 0 Å². The molecule has 1 saturated heterocycles. The molecular weight excluding hydrogens is 386 g/mol. The third-order valence-electron chi connectivity index (χ3n) is 4.39. The number of ether oxygens (including phenoxy) is 1. The number of benzene rings is 1. The minimum atomic E-state index is -0.00981. The summed E-state index contributed by atoms with van der Waals surface area (Å²) in [6, 6.07) is 12.3. The Morgan fingerprint density at radius 1 is 1.29 bits per heavy atom. The molecular formula is C18H18BrN3OS. The first kappa shape index (κ1) is 16.0. The third-order valence-corrected chi connectivity index (χ3v) is 5.99. The quantitative estimate of drug-likeness (QED) is 0.758. The molecule has 2 aromatic rings. The molecule has 0 N–H and O–H groups in total. The van der Waals surface area contributed by atoms with Crippen molar-refractivity contribution in [2.75, 3.05) is 13.7 Å². The lowest BCUT2D eigenvalue weighted by Crippen LogP contribution is -2.28. The van der Waals surface area contributed by atoms with Crippen LogP contribution in [0.5, 0.6) is 5.75 Å². The minimum absolute atomic E-state index is 0.00981. The summed E-state index contributed by atoms with van der Waals surface area (Å²) in [5.74, 6) is 0.894. The zero-order valence-corrected chi connectivity index (χ0v) is 15.9. The first-order chi connectivity index (χ1) is 11.7. The zero-order chi connectivity index (χ0) is 16.7. The van der Waals surface area contributed by atoms with Gasteiger partial charge >= 0.3 is 0 Å². The largest absolute Gasteiger partial charge is 0.496 e. The van der Waals surface area contributed by atoms with Crippen molar-refractivity contribution in [2.45, 2.75) is 24.3 Å². The Morgan fingerprint density at radius 3 is 2.92 bits per heavy atom. The van der Waals surface area contributed by atoms with E-state index in [4.69, 9.17) is 9.73 Å². The van der Waals surface area contributed by atoms with Crippen molar-refractivity contribution in [3.63, 3.8) is 0 Å². The van der Waals surface area contributed by atoms with Gasteiger partial charge in [-0.1, -0.05) is 40.7 Å². The van der Waals surface area contributed by atoms with Gasteiger partial charge in [-0.15, -0.1) is 0 Å². The smallest absolute Gasteiger partial charge is 0.160 e. The Hall–Kier alpha value is -1.53. The first-order valence-corrected chi connectivity index (χ1v) is 9.60. The molecule has 6 heteroatoms. The lowest BCUT2D eigenvalue weighted by Gasteiger charge is -2.28. The minimum Gasteiger partial charge on any atom is -0.496 e. The Balaban J connectivity index is 1.83. The van der Waals surface area contributed by atoms with Gasteiger partial charge in [-0.2, -0.15) is 0 Å².